The van der Waals surface area contributed by atoms with Gasteiger partial charge in [-0.25, -0.2) is 0 Å². The zero-order valence-corrected chi connectivity index (χ0v) is 11.3. The van der Waals surface area contributed by atoms with Gasteiger partial charge in [-0.1, -0.05) is 42.0 Å². The Morgan fingerprint density at radius 2 is 1.80 bits per heavy atom. The smallest absolute Gasteiger partial charge is 0.235 e. The number of rotatable bonds is 2. The van der Waals surface area contributed by atoms with Gasteiger partial charge in [0.25, 0.3) is 0 Å². The third kappa shape index (κ3) is 1.97. The van der Waals surface area contributed by atoms with Crippen molar-refractivity contribution in [3.05, 3.63) is 64.3 Å². The fourth-order valence-electron chi connectivity index (χ4n) is 2.26. The van der Waals surface area contributed by atoms with Crippen LogP contribution in [0, 0.1) is 6.92 Å². The van der Waals surface area contributed by atoms with Gasteiger partial charge in [0.15, 0.2) is 5.76 Å². The lowest BCUT2D eigenvalue weighted by atomic mass is 10.1. The molecule has 3 rings (SSSR count). The van der Waals surface area contributed by atoms with Crippen molar-refractivity contribution in [1.82, 2.24) is 0 Å². The number of hydrogen-bond donors (Lipinski definition) is 0. The van der Waals surface area contributed by atoms with Crippen molar-refractivity contribution in [2.45, 2.75) is 6.92 Å². The highest BCUT2D eigenvalue weighted by Crippen LogP contribution is 2.30. The van der Waals surface area contributed by atoms with E-state index in [0.29, 0.717) is 16.7 Å². The Kier molecular flexibility index (Phi) is 3.03. The molecule has 0 aliphatic carbocycles. The van der Waals surface area contributed by atoms with Crippen molar-refractivity contribution in [3.8, 4) is 17.1 Å². The Balaban J connectivity index is 2.39. The molecule has 1 aromatic heterocycles. The molecule has 0 aliphatic rings. The van der Waals surface area contributed by atoms with Crippen LogP contribution >= 0.6 is 0 Å². The van der Waals surface area contributed by atoms with E-state index in [4.69, 9.17) is 9.15 Å². The van der Waals surface area contributed by atoms with Gasteiger partial charge in [-0.15, -0.1) is 0 Å². The Hall–Kier alpha value is -2.55. The molecule has 20 heavy (non-hydrogen) atoms. The molecule has 0 saturated carbocycles. The van der Waals surface area contributed by atoms with Crippen LogP contribution < -0.4 is 10.2 Å². The minimum atomic E-state index is -0.142. The molecule has 0 atom stereocenters. The van der Waals surface area contributed by atoms with Gasteiger partial charge in [0.1, 0.15) is 5.58 Å². The maximum atomic E-state index is 12.5. The fourth-order valence-corrected chi connectivity index (χ4v) is 2.26. The predicted octanol–water partition coefficient (Wildman–Crippen LogP) is 3.78. The molecule has 0 amide bonds. The first kappa shape index (κ1) is 12.5. The molecular formula is C17H14O3. The molecule has 0 spiro atoms. The van der Waals surface area contributed by atoms with Crippen LogP contribution in [0.1, 0.15) is 5.56 Å². The highest BCUT2D eigenvalue weighted by atomic mass is 16.5. The molecule has 0 bridgehead atoms. The third-order valence-electron chi connectivity index (χ3n) is 3.24. The monoisotopic (exact) mass is 266 g/mol. The molecule has 0 aliphatic heterocycles. The molecule has 3 nitrogen and oxygen atoms in total. The third-order valence-corrected chi connectivity index (χ3v) is 3.24. The molecular weight excluding hydrogens is 252 g/mol. The van der Waals surface area contributed by atoms with Crippen molar-refractivity contribution in [1.29, 1.82) is 0 Å². The van der Waals surface area contributed by atoms with E-state index < -0.39 is 0 Å². The van der Waals surface area contributed by atoms with E-state index >= 15 is 0 Å². The lowest BCUT2D eigenvalue weighted by Gasteiger charge is -2.09. The first-order chi connectivity index (χ1) is 9.70. The van der Waals surface area contributed by atoms with E-state index in [1.54, 1.807) is 0 Å². The largest absolute Gasteiger partial charge is 0.490 e. The molecule has 2 aromatic carbocycles. The molecule has 3 aromatic rings. The summed E-state index contributed by atoms with van der Waals surface area (Å²) in [6.07, 6.45) is 0. The number of ether oxygens (including phenoxy) is 1. The summed E-state index contributed by atoms with van der Waals surface area (Å²) in [5.74, 6) is 0.712. The molecule has 0 unspecified atom stereocenters. The van der Waals surface area contributed by atoms with Gasteiger partial charge in [-0.05, 0) is 19.1 Å². The van der Waals surface area contributed by atoms with E-state index in [2.05, 4.69) is 0 Å². The summed E-state index contributed by atoms with van der Waals surface area (Å²) in [6, 6.07) is 15.0. The minimum absolute atomic E-state index is 0.142. The highest BCUT2D eigenvalue weighted by molar-refractivity contribution is 5.82. The van der Waals surface area contributed by atoms with Crippen molar-refractivity contribution >= 4 is 11.0 Å². The summed E-state index contributed by atoms with van der Waals surface area (Å²) in [4.78, 5) is 12.5. The molecule has 100 valence electrons. The Morgan fingerprint density at radius 3 is 2.50 bits per heavy atom. The minimum Gasteiger partial charge on any atom is -0.490 e. The summed E-state index contributed by atoms with van der Waals surface area (Å²) in [6.45, 7) is 1.94. The zero-order chi connectivity index (χ0) is 14.1. The quantitative estimate of drug-likeness (QED) is 0.708. The number of fused-ring (bicyclic) bond motifs is 1. The van der Waals surface area contributed by atoms with Gasteiger partial charge in [0.05, 0.1) is 12.5 Å². The van der Waals surface area contributed by atoms with Crippen LogP contribution in [-0.4, -0.2) is 7.11 Å². The van der Waals surface area contributed by atoms with Crippen LogP contribution in [0.3, 0.4) is 0 Å². The van der Waals surface area contributed by atoms with E-state index in [0.717, 1.165) is 11.1 Å². The Bertz CT molecular complexity index is 817. The standard InChI is InChI=1S/C17H14O3/c1-11-8-9-14-13(10-11)15(18)17(19-2)16(20-14)12-6-4-3-5-7-12/h3-10H,1-2H3. The average Bonchev–Trinajstić information content (AvgIpc) is 2.48. The first-order valence-electron chi connectivity index (χ1n) is 6.37. The number of benzene rings is 2. The van der Waals surface area contributed by atoms with Gasteiger partial charge in [-0.3, -0.25) is 4.79 Å². The van der Waals surface area contributed by atoms with Crippen molar-refractivity contribution in [3.63, 3.8) is 0 Å². The van der Waals surface area contributed by atoms with Crippen molar-refractivity contribution < 1.29 is 9.15 Å². The first-order valence-corrected chi connectivity index (χ1v) is 6.37. The van der Waals surface area contributed by atoms with Crippen LogP contribution in [0.2, 0.25) is 0 Å². The van der Waals surface area contributed by atoms with E-state index in [-0.39, 0.29) is 11.2 Å². The van der Waals surface area contributed by atoms with Crippen LogP contribution in [-0.2, 0) is 0 Å². The number of aryl methyl sites for hydroxylation is 1. The van der Waals surface area contributed by atoms with Gasteiger partial charge in [-0.2, -0.15) is 0 Å². The van der Waals surface area contributed by atoms with Crippen LogP contribution in [0.5, 0.6) is 5.75 Å². The predicted molar refractivity (Wildman–Crippen MR) is 79.2 cm³/mol. The topological polar surface area (TPSA) is 39.4 Å². The molecule has 0 fully saturated rings. The average molecular weight is 266 g/mol. The maximum absolute atomic E-state index is 12.5. The van der Waals surface area contributed by atoms with Crippen molar-refractivity contribution in [2.75, 3.05) is 7.11 Å². The Labute approximate surface area is 116 Å². The second-order valence-electron chi connectivity index (χ2n) is 4.66. The van der Waals surface area contributed by atoms with E-state index in [1.807, 2.05) is 55.5 Å². The second kappa shape index (κ2) is 4.85. The van der Waals surface area contributed by atoms with Gasteiger partial charge in [0.2, 0.25) is 11.2 Å². The summed E-state index contributed by atoms with van der Waals surface area (Å²) in [5.41, 5.74) is 2.26. The second-order valence-corrected chi connectivity index (χ2v) is 4.66. The van der Waals surface area contributed by atoms with Crippen LogP contribution in [0.4, 0.5) is 0 Å². The summed E-state index contributed by atoms with van der Waals surface area (Å²) >= 11 is 0. The molecule has 1 heterocycles. The van der Waals surface area contributed by atoms with E-state index in [1.165, 1.54) is 7.11 Å². The normalized spacial score (nSPS) is 10.7. The molecule has 0 radical (unpaired) electrons. The molecule has 3 heteroatoms. The Morgan fingerprint density at radius 1 is 1.05 bits per heavy atom. The SMILES string of the molecule is COc1c(-c2ccccc2)oc2ccc(C)cc2c1=O. The lowest BCUT2D eigenvalue weighted by molar-refractivity contribution is 0.398. The summed E-state index contributed by atoms with van der Waals surface area (Å²) < 4.78 is 11.2. The van der Waals surface area contributed by atoms with Crippen LogP contribution in [0.15, 0.2) is 57.7 Å². The van der Waals surface area contributed by atoms with Crippen molar-refractivity contribution in [2.24, 2.45) is 0 Å². The van der Waals surface area contributed by atoms with Gasteiger partial charge < -0.3 is 9.15 Å². The highest BCUT2D eigenvalue weighted by Gasteiger charge is 2.16. The van der Waals surface area contributed by atoms with Gasteiger partial charge >= 0.3 is 0 Å². The number of hydrogen-bond acceptors (Lipinski definition) is 3. The van der Waals surface area contributed by atoms with Gasteiger partial charge in [0, 0.05) is 5.56 Å². The fraction of sp³-hybridized carbons (Fsp3) is 0.118. The molecule has 0 N–H and O–H groups in total. The lowest BCUT2D eigenvalue weighted by Crippen LogP contribution is -2.07. The zero-order valence-electron chi connectivity index (χ0n) is 11.3. The number of methoxy groups -OCH3 is 1. The molecule has 0 saturated heterocycles. The van der Waals surface area contributed by atoms with Crippen LogP contribution in [0.25, 0.3) is 22.3 Å². The van der Waals surface area contributed by atoms with E-state index in [9.17, 15) is 4.79 Å². The maximum Gasteiger partial charge on any atom is 0.235 e. The summed E-state index contributed by atoms with van der Waals surface area (Å²) in [7, 11) is 1.49. The summed E-state index contributed by atoms with van der Waals surface area (Å²) in [5, 5.41) is 0.543.